The zero-order valence-electron chi connectivity index (χ0n) is 10.8. The summed E-state index contributed by atoms with van der Waals surface area (Å²) in [4.78, 5) is 9.46. The van der Waals surface area contributed by atoms with Crippen molar-refractivity contribution in [3.63, 3.8) is 0 Å². The molecule has 2 aliphatic rings. The summed E-state index contributed by atoms with van der Waals surface area (Å²) in [6.07, 6.45) is 5.85. The van der Waals surface area contributed by atoms with Gasteiger partial charge in [0.25, 0.3) is 0 Å². The number of morpholine rings is 1. The van der Waals surface area contributed by atoms with Gasteiger partial charge in [-0.1, -0.05) is 0 Å². The van der Waals surface area contributed by atoms with Crippen LogP contribution < -0.4 is 9.80 Å². The molecule has 1 aromatic heterocycles. The van der Waals surface area contributed by atoms with Crippen molar-refractivity contribution in [2.75, 3.05) is 49.2 Å². The summed E-state index contributed by atoms with van der Waals surface area (Å²) in [6, 6.07) is 4.24. The molecule has 0 saturated carbocycles. The number of pyridine rings is 1. The first kappa shape index (κ1) is 11.8. The minimum atomic E-state index is 0.828. The Morgan fingerprint density at radius 3 is 2.50 bits per heavy atom. The molecule has 0 unspecified atom stereocenters. The average Bonchev–Trinajstić information content (AvgIpc) is 2.49. The lowest BCUT2D eigenvalue weighted by Crippen LogP contribution is -2.38. The van der Waals surface area contributed by atoms with Gasteiger partial charge in [0.15, 0.2) is 5.82 Å². The van der Waals surface area contributed by atoms with Gasteiger partial charge in [-0.25, -0.2) is 4.98 Å². The molecule has 1 aromatic rings. The summed E-state index contributed by atoms with van der Waals surface area (Å²) in [6.45, 7) is 5.91. The third-order valence-corrected chi connectivity index (χ3v) is 3.77. The van der Waals surface area contributed by atoms with Crippen molar-refractivity contribution in [2.24, 2.45) is 0 Å². The highest BCUT2D eigenvalue weighted by Gasteiger charge is 2.20. The molecule has 3 rings (SSSR count). The Hall–Kier alpha value is -1.29. The van der Waals surface area contributed by atoms with Gasteiger partial charge in [-0.3, -0.25) is 0 Å². The highest BCUT2D eigenvalue weighted by atomic mass is 16.5. The molecule has 0 bridgehead atoms. The summed E-state index contributed by atoms with van der Waals surface area (Å²) < 4.78 is 5.43. The Balaban J connectivity index is 1.83. The molecule has 2 fully saturated rings. The van der Waals surface area contributed by atoms with E-state index in [1.807, 2.05) is 12.3 Å². The number of rotatable bonds is 2. The zero-order valence-corrected chi connectivity index (χ0v) is 10.8. The van der Waals surface area contributed by atoms with Crippen LogP contribution in [0, 0.1) is 0 Å². The number of piperidine rings is 1. The number of anilines is 2. The van der Waals surface area contributed by atoms with E-state index >= 15 is 0 Å². The maximum Gasteiger partial charge on any atom is 0.152 e. The molecule has 3 heterocycles. The fourth-order valence-corrected chi connectivity index (χ4v) is 2.79. The summed E-state index contributed by atoms with van der Waals surface area (Å²) in [5.74, 6) is 1.17. The number of hydrogen-bond acceptors (Lipinski definition) is 4. The van der Waals surface area contributed by atoms with E-state index in [0.29, 0.717) is 0 Å². The molecule has 18 heavy (non-hydrogen) atoms. The van der Waals surface area contributed by atoms with Crippen molar-refractivity contribution in [2.45, 2.75) is 19.3 Å². The van der Waals surface area contributed by atoms with Crippen LogP contribution in [0.1, 0.15) is 19.3 Å². The lowest BCUT2D eigenvalue weighted by Gasteiger charge is -2.34. The molecular formula is C14H21N3O. The smallest absolute Gasteiger partial charge is 0.152 e. The van der Waals surface area contributed by atoms with E-state index in [2.05, 4.69) is 20.9 Å². The summed E-state index contributed by atoms with van der Waals surface area (Å²) >= 11 is 0. The van der Waals surface area contributed by atoms with Crippen molar-refractivity contribution in [3.05, 3.63) is 18.3 Å². The van der Waals surface area contributed by atoms with Crippen molar-refractivity contribution >= 4 is 11.5 Å². The molecule has 0 amide bonds. The Kier molecular flexibility index (Phi) is 3.64. The maximum atomic E-state index is 5.43. The Labute approximate surface area is 109 Å². The monoisotopic (exact) mass is 247 g/mol. The molecule has 0 atom stereocenters. The van der Waals surface area contributed by atoms with Gasteiger partial charge in [-0.2, -0.15) is 0 Å². The summed E-state index contributed by atoms with van der Waals surface area (Å²) in [7, 11) is 0. The van der Waals surface area contributed by atoms with Crippen molar-refractivity contribution in [1.82, 2.24) is 4.98 Å². The fourth-order valence-electron chi connectivity index (χ4n) is 2.79. The van der Waals surface area contributed by atoms with Crippen LogP contribution in [0.3, 0.4) is 0 Å². The van der Waals surface area contributed by atoms with Crippen LogP contribution in [0.4, 0.5) is 11.5 Å². The number of ether oxygens (including phenoxy) is 1. The average molecular weight is 247 g/mol. The van der Waals surface area contributed by atoms with Crippen LogP contribution in [0.25, 0.3) is 0 Å². The normalized spacial score (nSPS) is 21.1. The van der Waals surface area contributed by atoms with Crippen LogP contribution in [-0.2, 0) is 4.74 Å². The molecular weight excluding hydrogens is 226 g/mol. The van der Waals surface area contributed by atoms with Crippen LogP contribution in [0.2, 0.25) is 0 Å². The molecule has 2 aliphatic heterocycles. The lowest BCUT2D eigenvalue weighted by molar-refractivity contribution is 0.122. The van der Waals surface area contributed by atoms with Crippen molar-refractivity contribution < 1.29 is 4.74 Å². The number of nitrogens with zero attached hydrogens (tertiary/aromatic N) is 3. The number of hydrogen-bond donors (Lipinski definition) is 0. The van der Waals surface area contributed by atoms with Crippen molar-refractivity contribution in [1.29, 1.82) is 0 Å². The minimum Gasteiger partial charge on any atom is -0.378 e. The third-order valence-electron chi connectivity index (χ3n) is 3.77. The SMILES string of the molecule is c1cnc(N2CCCCC2)c(N2CCOCC2)c1. The van der Waals surface area contributed by atoms with Crippen molar-refractivity contribution in [3.8, 4) is 0 Å². The molecule has 0 N–H and O–H groups in total. The first-order valence-electron chi connectivity index (χ1n) is 6.98. The standard InChI is InChI=1S/C14H21N3O/c1-2-7-17(8-3-1)14-13(5-4-6-15-14)16-9-11-18-12-10-16/h4-6H,1-3,7-12H2. The fraction of sp³-hybridized carbons (Fsp3) is 0.643. The summed E-state index contributed by atoms with van der Waals surface area (Å²) in [5, 5.41) is 0. The van der Waals surface area contributed by atoms with Gasteiger partial charge < -0.3 is 14.5 Å². The zero-order chi connectivity index (χ0) is 12.2. The first-order valence-corrected chi connectivity index (χ1v) is 6.98. The highest BCUT2D eigenvalue weighted by molar-refractivity contribution is 5.67. The van der Waals surface area contributed by atoms with E-state index in [0.717, 1.165) is 39.4 Å². The topological polar surface area (TPSA) is 28.6 Å². The Morgan fingerprint density at radius 2 is 1.72 bits per heavy atom. The summed E-state index contributed by atoms with van der Waals surface area (Å²) in [5.41, 5.74) is 1.28. The molecule has 2 saturated heterocycles. The van der Waals surface area contributed by atoms with E-state index in [-0.39, 0.29) is 0 Å². The molecule has 4 nitrogen and oxygen atoms in total. The van der Waals surface area contributed by atoms with Gasteiger partial charge in [0.2, 0.25) is 0 Å². The van der Waals surface area contributed by atoms with Gasteiger partial charge in [0.05, 0.1) is 18.9 Å². The Bertz CT molecular complexity index is 347. The van der Waals surface area contributed by atoms with Gasteiger partial charge in [0.1, 0.15) is 0 Å². The van der Waals surface area contributed by atoms with Gasteiger partial charge >= 0.3 is 0 Å². The number of aromatic nitrogens is 1. The lowest BCUT2D eigenvalue weighted by atomic mass is 10.1. The molecule has 0 aliphatic carbocycles. The maximum absolute atomic E-state index is 5.43. The van der Waals surface area contributed by atoms with Gasteiger partial charge in [-0.05, 0) is 31.4 Å². The quantitative estimate of drug-likeness (QED) is 0.798. The molecule has 4 heteroatoms. The largest absolute Gasteiger partial charge is 0.378 e. The second kappa shape index (κ2) is 5.57. The van der Waals surface area contributed by atoms with E-state index in [1.54, 1.807) is 0 Å². The molecule has 0 spiro atoms. The molecule has 0 radical (unpaired) electrons. The van der Waals surface area contributed by atoms with Gasteiger partial charge in [-0.15, -0.1) is 0 Å². The van der Waals surface area contributed by atoms with Crippen LogP contribution >= 0.6 is 0 Å². The van der Waals surface area contributed by atoms with Gasteiger partial charge in [0, 0.05) is 32.4 Å². The highest BCUT2D eigenvalue weighted by Crippen LogP contribution is 2.29. The minimum absolute atomic E-state index is 0.828. The predicted molar refractivity (Wildman–Crippen MR) is 73.3 cm³/mol. The van der Waals surface area contributed by atoms with Crippen LogP contribution in [0.15, 0.2) is 18.3 Å². The van der Waals surface area contributed by atoms with E-state index in [9.17, 15) is 0 Å². The molecule has 98 valence electrons. The third kappa shape index (κ3) is 2.43. The predicted octanol–water partition coefficient (Wildman–Crippen LogP) is 1.91. The van der Waals surface area contributed by atoms with Crippen LogP contribution in [-0.4, -0.2) is 44.4 Å². The first-order chi connectivity index (χ1) is 8.95. The van der Waals surface area contributed by atoms with E-state index in [1.165, 1.54) is 30.8 Å². The molecule has 0 aromatic carbocycles. The Morgan fingerprint density at radius 1 is 0.944 bits per heavy atom. The van der Waals surface area contributed by atoms with E-state index < -0.39 is 0 Å². The second-order valence-corrected chi connectivity index (χ2v) is 4.99. The van der Waals surface area contributed by atoms with Crippen LogP contribution in [0.5, 0.6) is 0 Å². The second-order valence-electron chi connectivity index (χ2n) is 4.99. The van der Waals surface area contributed by atoms with E-state index in [4.69, 9.17) is 4.74 Å².